The molecule has 0 saturated carbocycles. The van der Waals surface area contributed by atoms with Crippen molar-refractivity contribution >= 4 is 16.7 Å². The zero-order chi connectivity index (χ0) is 17.8. The molecule has 0 atom stereocenters. The van der Waals surface area contributed by atoms with Crippen molar-refractivity contribution in [2.75, 3.05) is 7.11 Å². The molecule has 0 bridgehead atoms. The van der Waals surface area contributed by atoms with Gasteiger partial charge < -0.3 is 4.74 Å². The van der Waals surface area contributed by atoms with Gasteiger partial charge in [-0.15, -0.1) is 0 Å². The molecule has 0 fully saturated rings. The highest BCUT2D eigenvalue weighted by atomic mass is 16.5. The van der Waals surface area contributed by atoms with Crippen molar-refractivity contribution in [3.8, 4) is 6.07 Å². The van der Waals surface area contributed by atoms with Crippen molar-refractivity contribution in [1.29, 1.82) is 5.26 Å². The van der Waals surface area contributed by atoms with Crippen LogP contribution in [0.15, 0.2) is 53.3 Å². The number of carbonyl (C=O) groups is 1. The van der Waals surface area contributed by atoms with Crippen LogP contribution in [0.5, 0.6) is 0 Å². The summed E-state index contributed by atoms with van der Waals surface area (Å²) in [5.74, 6) is -0.416. The first-order valence-electron chi connectivity index (χ1n) is 7.67. The van der Waals surface area contributed by atoms with E-state index in [2.05, 4.69) is 11.2 Å². The summed E-state index contributed by atoms with van der Waals surface area (Å²) in [4.78, 5) is 24.4. The zero-order valence-electron chi connectivity index (χ0n) is 13.6. The van der Waals surface area contributed by atoms with Gasteiger partial charge in [-0.1, -0.05) is 30.3 Å². The van der Waals surface area contributed by atoms with E-state index in [4.69, 9.17) is 10.00 Å². The van der Waals surface area contributed by atoms with E-state index in [-0.39, 0.29) is 18.5 Å². The van der Waals surface area contributed by atoms with E-state index in [0.29, 0.717) is 22.0 Å². The normalized spacial score (nSPS) is 10.4. The summed E-state index contributed by atoms with van der Waals surface area (Å²) in [5.41, 5.74) is 1.66. The van der Waals surface area contributed by atoms with Crippen molar-refractivity contribution in [1.82, 2.24) is 9.78 Å². The van der Waals surface area contributed by atoms with Gasteiger partial charge in [0.25, 0.3) is 5.56 Å². The highest BCUT2D eigenvalue weighted by Crippen LogP contribution is 2.15. The third kappa shape index (κ3) is 3.40. The predicted octanol–water partition coefficient (Wildman–Crippen LogP) is 2.03. The lowest BCUT2D eigenvalue weighted by Gasteiger charge is -2.10. The Bertz CT molecular complexity index is 1030. The average molecular weight is 333 g/mol. The van der Waals surface area contributed by atoms with Crippen LogP contribution < -0.4 is 5.56 Å². The van der Waals surface area contributed by atoms with Crippen molar-refractivity contribution in [3.63, 3.8) is 0 Å². The molecule has 25 heavy (non-hydrogen) atoms. The summed E-state index contributed by atoms with van der Waals surface area (Å²) in [6, 6.07) is 16.1. The number of esters is 1. The number of nitriles is 1. The van der Waals surface area contributed by atoms with Crippen molar-refractivity contribution in [2.24, 2.45) is 0 Å². The van der Waals surface area contributed by atoms with E-state index < -0.39 is 5.97 Å². The Labute approximate surface area is 143 Å². The number of ether oxygens (including phenoxy) is 1. The Morgan fingerprint density at radius 1 is 1.16 bits per heavy atom. The van der Waals surface area contributed by atoms with Gasteiger partial charge in [-0.2, -0.15) is 10.4 Å². The van der Waals surface area contributed by atoms with E-state index in [9.17, 15) is 9.59 Å². The minimum Gasteiger partial charge on any atom is -0.469 e. The molecule has 1 heterocycles. The molecule has 6 heteroatoms. The molecular formula is C19H15N3O3. The molecule has 1 aromatic heterocycles. The van der Waals surface area contributed by atoms with Crippen LogP contribution in [0.25, 0.3) is 10.8 Å². The van der Waals surface area contributed by atoms with Crippen LogP contribution in [0.2, 0.25) is 0 Å². The summed E-state index contributed by atoms with van der Waals surface area (Å²) >= 11 is 0. The maximum atomic E-state index is 12.7. The number of hydrogen-bond donors (Lipinski definition) is 0. The van der Waals surface area contributed by atoms with Crippen LogP contribution in [-0.4, -0.2) is 22.9 Å². The second-order valence-electron chi connectivity index (χ2n) is 5.52. The second kappa shape index (κ2) is 6.97. The molecule has 124 valence electrons. The molecule has 3 aromatic rings. The Morgan fingerprint density at radius 3 is 2.48 bits per heavy atom. The SMILES string of the molecule is COC(=O)Cc1nn(Cc2ccc(C#N)cc2)c(=O)c2ccccc12. The standard InChI is InChI=1S/C19H15N3O3/c1-25-18(23)10-17-15-4-2-3-5-16(15)19(24)22(21-17)12-14-8-6-13(11-20)7-9-14/h2-9H,10,12H2,1H3. The van der Waals surface area contributed by atoms with Gasteiger partial charge >= 0.3 is 5.97 Å². The molecule has 0 aliphatic heterocycles. The molecule has 6 nitrogen and oxygen atoms in total. The van der Waals surface area contributed by atoms with Crippen LogP contribution >= 0.6 is 0 Å². The zero-order valence-corrected chi connectivity index (χ0v) is 13.6. The van der Waals surface area contributed by atoms with E-state index in [1.54, 1.807) is 48.5 Å². The summed E-state index contributed by atoms with van der Waals surface area (Å²) < 4.78 is 6.06. The quantitative estimate of drug-likeness (QED) is 0.682. The number of fused-ring (bicyclic) bond motifs is 1. The Kier molecular flexibility index (Phi) is 4.57. The maximum absolute atomic E-state index is 12.7. The van der Waals surface area contributed by atoms with Crippen LogP contribution in [-0.2, 0) is 22.5 Å². The summed E-state index contributed by atoms with van der Waals surface area (Å²) in [6.07, 6.45) is -0.00926. The summed E-state index contributed by atoms with van der Waals surface area (Å²) in [6.45, 7) is 0.254. The molecule has 0 N–H and O–H groups in total. The van der Waals surface area contributed by atoms with Gasteiger partial charge in [0, 0.05) is 5.39 Å². The fourth-order valence-corrected chi connectivity index (χ4v) is 2.61. The van der Waals surface area contributed by atoms with E-state index in [0.717, 1.165) is 5.56 Å². The third-order valence-electron chi connectivity index (χ3n) is 3.90. The van der Waals surface area contributed by atoms with Crippen molar-refractivity contribution in [3.05, 3.63) is 75.7 Å². The third-order valence-corrected chi connectivity index (χ3v) is 3.90. The lowest BCUT2D eigenvalue weighted by Crippen LogP contribution is -2.26. The van der Waals surface area contributed by atoms with E-state index in [1.165, 1.54) is 11.8 Å². The molecular weight excluding hydrogens is 318 g/mol. The molecule has 0 spiro atoms. The first-order valence-corrected chi connectivity index (χ1v) is 7.67. The van der Waals surface area contributed by atoms with Gasteiger partial charge in [0.05, 0.1) is 42.8 Å². The van der Waals surface area contributed by atoms with Crippen LogP contribution in [0.1, 0.15) is 16.8 Å². The molecule has 3 rings (SSSR count). The average Bonchev–Trinajstić information content (AvgIpc) is 2.66. The molecule has 0 radical (unpaired) electrons. The van der Waals surface area contributed by atoms with E-state index >= 15 is 0 Å². The molecule has 2 aromatic carbocycles. The van der Waals surface area contributed by atoms with Gasteiger partial charge in [-0.3, -0.25) is 9.59 Å². The molecule has 0 aliphatic carbocycles. The number of carbonyl (C=O) groups excluding carboxylic acids is 1. The number of hydrogen-bond acceptors (Lipinski definition) is 5. The fraction of sp³-hybridized carbons (Fsp3) is 0.158. The first kappa shape index (κ1) is 16.4. The Hall–Kier alpha value is -3.46. The predicted molar refractivity (Wildman–Crippen MR) is 92.0 cm³/mol. The van der Waals surface area contributed by atoms with Crippen LogP contribution in [0, 0.1) is 11.3 Å². The molecule has 0 saturated heterocycles. The van der Waals surface area contributed by atoms with Crippen LogP contribution in [0.4, 0.5) is 0 Å². The van der Waals surface area contributed by atoms with E-state index in [1.807, 2.05) is 0 Å². The van der Waals surface area contributed by atoms with Gasteiger partial charge in [0.1, 0.15) is 0 Å². The topological polar surface area (TPSA) is 85.0 Å². The van der Waals surface area contributed by atoms with Gasteiger partial charge in [0.15, 0.2) is 0 Å². The van der Waals surface area contributed by atoms with Crippen molar-refractivity contribution < 1.29 is 9.53 Å². The lowest BCUT2D eigenvalue weighted by atomic mass is 10.1. The summed E-state index contributed by atoms with van der Waals surface area (Å²) in [7, 11) is 1.32. The minimum absolute atomic E-state index is 0.00926. The number of rotatable bonds is 4. The highest BCUT2D eigenvalue weighted by molar-refractivity contribution is 5.86. The largest absolute Gasteiger partial charge is 0.469 e. The minimum atomic E-state index is -0.416. The number of nitrogens with zero attached hydrogens (tertiary/aromatic N) is 3. The number of aromatic nitrogens is 2. The number of benzene rings is 2. The first-order chi connectivity index (χ1) is 12.1. The molecule has 0 unspecified atom stereocenters. The Balaban J connectivity index is 2.07. The second-order valence-corrected chi connectivity index (χ2v) is 5.52. The van der Waals surface area contributed by atoms with Gasteiger partial charge in [0.2, 0.25) is 0 Å². The number of methoxy groups -OCH3 is 1. The van der Waals surface area contributed by atoms with Crippen molar-refractivity contribution in [2.45, 2.75) is 13.0 Å². The fourth-order valence-electron chi connectivity index (χ4n) is 2.61. The highest BCUT2D eigenvalue weighted by Gasteiger charge is 2.14. The molecule has 0 amide bonds. The van der Waals surface area contributed by atoms with Crippen LogP contribution in [0.3, 0.4) is 0 Å². The monoisotopic (exact) mass is 333 g/mol. The Morgan fingerprint density at radius 2 is 1.84 bits per heavy atom. The molecule has 0 aliphatic rings. The maximum Gasteiger partial charge on any atom is 0.311 e. The van der Waals surface area contributed by atoms with Gasteiger partial charge in [-0.25, -0.2) is 4.68 Å². The lowest BCUT2D eigenvalue weighted by molar-refractivity contribution is -0.139. The smallest absolute Gasteiger partial charge is 0.311 e. The van der Waals surface area contributed by atoms with Gasteiger partial charge in [-0.05, 0) is 23.8 Å². The summed E-state index contributed by atoms with van der Waals surface area (Å²) in [5, 5.41) is 14.4.